The zero-order valence-electron chi connectivity index (χ0n) is 12.7. The van der Waals surface area contributed by atoms with Gasteiger partial charge in [0.25, 0.3) is 10.0 Å². The molecule has 0 fully saturated rings. The third kappa shape index (κ3) is 3.73. The lowest BCUT2D eigenvalue weighted by molar-refractivity contribution is 0.380. The van der Waals surface area contributed by atoms with Crippen LogP contribution >= 0.6 is 0 Å². The second-order valence-electron chi connectivity index (χ2n) is 5.01. The van der Waals surface area contributed by atoms with Crippen LogP contribution in [0.5, 0.6) is 5.75 Å². The van der Waals surface area contributed by atoms with Crippen molar-refractivity contribution >= 4 is 15.7 Å². The predicted octanol–water partition coefficient (Wildman–Crippen LogP) is 2.69. The van der Waals surface area contributed by atoms with E-state index >= 15 is 0 Å². The van der Waals surface area contributed by atoms with Gasteiger partial charge in [-0.1, -0.05) is 13.8 Å². The van der Waals surface area contributed by atoms with Crippen molar-refractivity contribution in [2.75, 3.05) is 11.8 Å². The Balaban J connectivity index is 2.34. The maximum absolute atomic E-state index is 13.9. The molecule has 0 aliphatic heterocycles. The van der Waals surface area contributed by atoms with Gasteiger partial charge in [-0.05, 0) is 0 Å². The molecule has 2 aromatic rings. The Morgan fingerprint density at radius 1 is 1.13 bits per heavy atom. The number of aromatic nitrogens is 2. The fourth-order valence-electron chi connectivity index (χ4n) is 1.77. The summed E-state index contributed by atoms with van der Waals surface area (Å²) in [4.78, 5) is 7.17. The van der Waals surface area contributed by atoms with Gasteiger partial charge in [0.1, 0.15) is 16.5 Å². The van der Waals surface area contributed by atoms with Crippen LogP contribution in [0.3, 0.4) is 0 Å². The average molecular weight is 343 g/mol. The molecule has 124 valence electrons. The second-order valence-corrected chi connectivity index (χ2v) is 6.66. The minimum atomic E-state index is -4.33. The molecule has 2 rings (SSSR count). The number of benzene rings is 1. The van der Waals surface area contributed by atoms with E-state index in [1.54, 1.807) is 0 Å². The minimum absolute atomic E-state index is 0.0463. The standard InChI is InChI=1S/C14H15F2N3O3S/c1-8(2)14-17-6-9(7-18-14)19-23(20,21)13-5-10(15)12(22-3)4-11(13)16/h4-8,19H,1-3H3. The highest BCUT2D eigenvalue weighted by Gasteiger charge is 2.23. The van der Waals surface area contributed by atoms with E-state index in [0.29, 0.717) is 18.0 Å². The Hall–Kier alpha value is -2.29. The molecule has 6 nitrogen and oxygen atoms in total. The molecule has 0 unspecified atom stereocenters. The SMILES string of the molecule is COc1cc(F)c(S(=O)(=O)Nc2cnc(C(C)C)nc2)cc1F. The molecule has 1 aromatic carbocycles. The summed E-state index contributed by atoms with van der Waals surface area (Å²) in [5.74, 6) is -1.88. The third-order valence-corrected chi connectivity index (χ3v) is 4.33. The Bertz CT molecular complexity index is 809. The molecule has 0 saturated carbocycles. The van der Waals surface area contributed by atoms with E-state index in [9.17, 15) is 17.2 Å². The van der Waals surface area contributed by atoms with E-state index in [-0.39, 0.29) is 17.4 Å². The zero-order valence-corrected chi connectivity index (χ0v) is 13.5. The van der Waals surface area contributed by atoms with Crippen molar-refractivity contribution in [1.82, 2.24) is 9.97 Å². The summed E-state index contributed by atoms with van der Waals surface area (Å²) in [5, 5.41) is 0. The van der Waals surface area contributed by atoms with Crippen molar-refractivity contribution in [1.29, 1.82) is 0 Å². The van der Waals surface area contributed by atoms with Gasteiger partial charge in [-0.2, -0.15) is 0 Å². The lowest BCUT2D eigenvalue weighted by Gasteiger charge is -2.11. The van der Waals surface area contributed by atoms with E-state index in [4.69, 9.17) is 0 Å². The molecule has 0 bridgehead atoms. The van der Waals surface area contributed by atoms with Crippen molar-refractivity contribution < 1.29 is 21.9 Å². The van der Waals surface area contributed by atoms with E-state index in [1.165, 1.54) is 12.4 Å². The number of anilines is 1. The third-order valence-electron chi connectivity index (χ3n) is 2.94. The van der Waals surface area contributed by atoms with Crippen LogP contribution in [0.25, 0.3) is 0 Å². The fourth-order valence-corrected chi connectivity index (χ4v) is 2.87. The van der Waals surface area contributed by atoms with Gasteiger partial charge in [-0.3, -0.25) is 4.72 Å². The van der Waals surface area contributed by atoms with Gasteiger partial charge >= 0.3 is 0 Å². The number of nitrogens with zero attached hydrogens (tertiary/aromatic N) is 2. The van der Waals surface area contributed by atoms with Crippen LogP contribution in [0.15, 0.2) is 29.4 Å². The first kappa shape index (κ1) is 17.1. The van der Waals surface area contributed by atoms with Crippen LogP contribution in [0.2, 0.25) is 0 Å². The molecule has 23 heavy (non-hydrogen) atoms. The highest BCUT2D eigenvalue weighted by molar-refractivity contribution is 7.92. The quantitative estimate of drug-likeness (QED) is 0.903. The maximum Gasteiger partial charge on any atom is 0.265 e. The highest BCUT2D eigenvalue weighted by atomic mass is 32.2. The molecule has 9 heteroatoms. The maximum atomic E-state index is 13.9. The first-order valence-corrected chi connectivity index (χ1v) is 8.10. The van der Waals surface area contributed by atoms with Crippen LogP contribution in [0, 0.1) is 11.6 Å². The normalized spacial score (nSPS) is 11.6. The average Bonchev–Trinajstić information content (AvgIpc) is 2.49. The summed E-state index contributed by atoms with van der Waals surface area (Å²) in [6, 6.07) is 1.22. The minimum Gasteiger partial charge on any atom is -0.494 e. The van der Waals surface area contributed by atoms with Gasteiger partial charge in [0, 0.05) is 18.1 Å². The van der Waals surface area contributed by atoms with Gasteiger partial charge in [-0.15, -0.1) is 0 Å². The number of hydrogen-bond donors (Lipinski definition) is 1. The van der Waals surface area contributed by atoms with E-state index in [1.807, 2.05) is 13.8 Å². The van der Waals surface area contributed by atoms with Crippen molar-refractivity contribution in [3.63, 3.8) is 0 Å². The van der Waals surface area contributed by atoms with Gasteiger partial charge < -0.3 is 4.74 Å². The first-order valence-electron chi connectivity index (χ1n) is 6.62. The molecule has 0 radical (unpaired) electrons. The lowest BCUT2D eigenvalue weighted by Crippen LogP contribution is -2.16. The number of ether oxygens (including phenoxy) is 1. The van der Waals surface area contributed by atoms with E-state index in [0.717, 1.165) is 7.11 Å². The summed E-state index contributed by atoms with van der Waals surface area (Å²) >= 11 is 0. The first-order chi connectivity index (χ1) is 10.7. The number of sulfonamides is 1. The van der Waals surface area contributed by atoms with Gasteiger partial charge in [0.15, 0.2) is 11.6 Å². The van der Waals surface area contributed by atoms with Crippen molar-refractivity contribution in [2.45, 2.75) is 24.7 Å². The molecular formula is C14H15F2N3O3S. The summed E-state index contributed by atoms with van der Waals surface area (Å²) in [6.07, 6.45) is 2.52. The molecule has 0 aliphatic carbocycles. The number of methoxy groups -OCH3 is 1. The molecule has 0 atom stereocenters. The van der Waals surface area contributed by atoms with Crippen molar-refractivity contribution in [3.05, 3.63) is 42.0 Å². The number of halogens is 2. The molecule has 1 heterocycles. The largest absolute Gasteiger partial charge is 0.494 e. The number of hydrogen-bond acceptors (Lipinski definition) is 5. The monoisotopic (exact) mass is 343 g/mol. The van der Waals surface area contributed by atoms with Crippen LogP contribution < -0.4 is 9.46 Å². The Morgan fingerprint density at radius 3 is 2.26 bits per heavy atom. The number of nitrogens with one attached hydrogen (secondary N) is 1. The van der Waals surface area contributed by atoms with Gasteiger partial charge in [0.05, 0.1) is 25.2 Å². The molecule has 0 amide bonds. The summed E-state index contributed by atoms with van der Waals surface area (Å²) in [6.45, 7) is 3.77. The van der Waals surface area contributed by atoms with Crippen LogP contribution in [-0.2, 0) is 10.0 Å². The number of rotatable bonds is 5. The van der Waals surface area contributed by atoms with Gasteiger partial charge in [-0.25, -0.2) is 27.2 Å². The zero-order chi connectivity index (χ0) is 17.2. The molecular weight excluding hydrogens is 328 g/mol. The van der Waals surface area contributed by atoms with Crippen LogP contribution in [0.4, 0.5) is 14.5 Å². The summed E-state index contributed by atoms with van der Waals surface area (Å²) < 4.78 is 58.6. The summed E-state index contributed by atoms with van der Waals surface area (Å²) in [7, 11) is -3.17. The smallest absolute Gasteiger partial charge is 0.265 e. The Kier molecular flexibility index (Phi) is 4.79. The lowest BCUT2D eigenvalue weighted by atomic mass is 10.2. The highest BCUT2D eigenvalue weighted by Crippen LogP contribution is 2.25. The molecule has 1 aromatic heterocycles. The van der Waals surface area contributed by atoms with E-state index in [2.05, 4.69) is 19.4 Å². The Labute approximate surface area is 132 Å². The molecule has 0 saturated heterocycles. The van der Waals surface area contributed by atoms with Crippen LogP contribution in [0.1, 0.15) is 25.6 Å². The van der Waals surface area contributed by atoms with Crippen LogP contribution in [-0.4, -0.2) is 25.5 Å². The molecule has 0 spiro atoms. The fraction of sp³-hybridized carbons (Fsp3) is 0.286. The van der Waals surface area contributed by atoms with Crippen molar-refractivity contribution in [2.24, 2.45) is 0 Å². The Morgan fingerprint density at radius 2 is 1.74 bits per heavy atom. The second kappa shape index (κ2) is 6.45. The molecule has 1 N–H and O–H groups in total. The summed E-state index contributed by atoms with van der Waals surface area (Å²) in [5.41, 5.74) is 0.0463. The predicted molar refractivity (Wildman–Crippen MR) is 79.8 cm³/mol. The topological polar surface area (TPSA) is 81.2 Å². The molecule has 0 aliphatic rings. The van der Waals surface area contributed by atoms with E-state index < -0.39 is 26.6 Å². The van der Waals surface area contributed by atoms with Gasteiger partial charge in [0.2, 0.25) is 0 Å². The van der Waals surface area contributed by atoms with Crippen molar-refractivity contribution in [3.8, 4) is 5.75 Å².